The lowest BCUT2D eigenvalue weighted by Crippen LogP contribution is -2.37. The normalized spacial score (nSPS) is 15.6. The summed E-state index contributed by atoms with van der Waals surface area (Å²) < 4.78 is 0. The van der Waals surface area contributed by atoms with Crippen LogP contribution >= 0.6 is 0 Å². The highest BCUT2D eigenvalue weighted by Gasteiger charge is 2.37. The van der Waals surface area contributed by atoms with Gasteiger partial charge in [0.05, 0.1) is 0 Å². The average Bonchev–Trinajstić information content (AvgIpc) is 3.32. The molecule has 11 nitrogen and oxygen atoms in total. The topological polar surface area (TPSA) is 151 Å². The zero-order valence-electron chi connectivity index (χ0n) is 21.5. The van der Waals surface area contributed by atoms with Crippen LogP contribution in [0.15, 0.2) is 0 Å². The van der Waals surface area contributed by atoms with Crippen molar-refractivity contribution in [2.45, 2.75) is 129 Å². The van der Waals surface area contributed by atoms with Gasteiger partial charge in [0.15, 0.2) is 6.29 Å². The number of hydrogen-bond donors (Lipinski definition) is 2. The number of hydrogen-bond acceptors (Lipinski definition) is 9. The zero-order valence-corrected chi connectivity index (χ0v) is 21.5. The number of aliphatic hydroxyl groups excluding tert-OH is 1. The van der Waals surface area contributed by atoms with Gasteiger partial charge in [0, 0.05) is 25.7 Å². The van der Waals surface area contributed by atoms with Crippen LogP contribution in [-0.2, 0) is 28.9 Å². The molecule has 2 aliphatic rings. The molecule has 2 rings (SSSR count). The van der Waals surface area contributed by atoms with Crippen molar-refractivity contribution >= 4 is 29.8 Å². The minimum absolute atomic E-state index is 0.0618. The molecule has 0 atom stereocenters. The molecule has 11 heteroatoms. The Hall–Kier alpha value is -2.53. The molecule has 0 radical (unpaired) electrons. The summed E-state index contributed by atoms with van der Waals surface area (Å²) >= 11 is 0. The van der Waals surface area contributed by atoms with Gasteiger partial charge in [-0.3, -0.25) is 28.9 Å². The lowest BCUT2D eigenvalue weighted by atomic mass is 10.0. The van der Waals surface area contributed by atoms with Crippen LogP contribution in [0.25, 0.3) is 0 Å². The molecule has 2 heterocycles. The molecule has 0 aromatic carbocycles. The van der Waals surface area contributed by atoms with Gasteiger partial charge >= 0.3 is 6.16 Å². The number of hydroxylamine groups is 4. The third-order valence-electron chi connectivity index (χ3n) is 5.91. The maximum Gasteiger partial charge on any atom is 0.560 e. The third-order valence-corrected chi connectivity index (χ3v) is 5.91. The van der Waals surface area contributed by atoms with Gasteiger partial charge in [-0.15, -0.1) is 0 Å². The first-order chi connectivity index (χ1) is 17.3. The van der Waals surface area contributed by atoms with Crippen molar-refractivity contribution in [3.63, 3.8) is 0 Å². The van der Waals surface area contributed by atoms with E-state index in [1.54, 1.807) is 0 Å². The molecular formula is C25H42N2O9. The summed E-state index contributed by atoms with van der Waals surface area (Å²) in [6, 6.07) is 0. The minimum Gasteiger partial charge on any atom is -0.368 e. The third kappa shape index (κ3) is 13.5. The molecule has 0 aromatic rings. The van der Waals surface area contributed by atoms with Crippen molar-refractivity contribution in [3.05, 3.63) is 0 Å². The number of aliphatic hydroxyl groups is 2. The van der Waals surface area contributed by atoms with Crippen molar-refractivity contribution in [1.82, 2.24) is 10.1 Å². The predicted octanol–water partition coefficient (Wildman–Crippen LogP) is 4.05. The molecule has 2 fully saturated rings. The Labute approximate surface area is 213 Å². The predicted molar refractivity (Wildman–Crippen MR) is 128 cm³/mol. The van der Waals surface area contributed by atoms with E-state index in [0.717, 1.165) is 12.8 Å². The molecule has 0 spiro atoms. The molecule has 2 aliphatic heterocycles. The highest BCUT2D eigenvalue weighted by Crippen LogP contribution is 2.16. The van der Waals surface area contributed by atoms with Crippen LogP contribution in [0.3, 0.4) is 0 Å². The van der Waals surface area contributed by atoms with Crippen molar-refractivity contribution in [2.75, 3.05) is 0 Å². The fourth-order valence-corrected chi connectivity index (χ4v) is 3.83. The number of carbonyl (C=O) groups is 5. The van der Waals surface area contributed by atoms with Crippen molar-refractivity contribution < 1.29 is 43.9 Å². The van der Waals surface area contributed by atoms with Gasteiger partial charge in [-0.05, 0) is 12.8 Å². The first-order valence-electron chi connectivity index (χ1n) is 13.2. The monoisotopic (exact) mass is 514 g/mol. The maximum atomic E-state index is 11.2. The summed E-state index contributed by atoms with van der Waals surface area (Å²) in [6.07, 6.45) is 15.0. The largest absolute Gasteiger partial charge is 0.560 e. The molecule has 4 amide bonds. The van der Waals surface area contributed by atoms with Crippen LogP contribution in [0.5, 0.6) is 0 Å². The van der Waals surface area contributed by atoms with Crippen molar-refractivity contribution in [2.24, 2.45) is 0 Å². The average molecular weight is 515 g/mol. The van der Waals surface area contributed by atoms with E-state index in [-0.39, 0.29) is 35.8 Å². The van der Waals surface area contributed by atoms with Crippen LogP contribution in [0, 0.1) is 0 Å². The van der Waals surface area contributed by atoms with Gasteiger partial charge in [-0.1, -0.05) is 94.1 Å². The molecule has 0 saturated carbocycles. The van der Waals surface area contributed by atoms with E-state index in [1.165, 1.54) is 70.6 Å². The van der Waals surface area contributed by atoms with Crippen molar-refractivity contribution in [1.29, 1.82) is 0 Å². The lowest BCUT2D eigenvalue weighted by molar-refractivity contribution is -0.198. The molecule has 0 aromatic heterocycles. The number of rotatable bonds is 16. The van der Waals surface area contributed by atoms with Crippen LogP contribution < -0.4 is 0 Å². The minimum atomic E-state index is -1.48. The van der Waals surface area contributed by atoms with E-state index in [2.05, 4.69) is 16.6 Å². The Morgan fingerprint density at radius 1 is 0.639 bits per heavy atom. The Morgan fingerprint density at radius 2 is 0.944 bits per heavy atom. The molecule has 2 N–H and O–H groups in total. The van der Waals surface area contributed by atoms with Crippen LogP contribution in [0.1, 0.15) is 122 Å². The summed E-state index contributed by atoms with van der Waals surface area (Å²) in [6.45, 7) is 2.27. The van der Waals surface area contributed by atoms with E-state index in [1.807, 2.05) is 0 Å². The van der Waals surface area contributed by atoms with Gasteiger partial charge < -0.3 is 10.2 Å². The van der Waals surface area contributed by atoms with Crippen LogP contribution in [0.2, 0.25) is 0 Å². The Kier molecular flexibility index (Phi) is 16.4. The number of amides is 4. The summed E-state index contributed by atoms with van der Waals surface area (Å²) in [7, 11) is 0. The first-order valence-corrected chi connectivity index (χ1v) is 13.2. The van der Waals surface area contributed by atoms with E-state index in [9.17, 15) is 24.0 Å². The lowest BCUT2D eigenvalue weighted by Gasteiger charge is -2.15. The molecule has 0 unspecified atom stereocenters. The fourth-order valence-electron chi connectivity index (χ4n) is 3.83. The molecule has 36 heavy (non-hydrogen) atoms. The van der Waals surface area contributed by atoms with Crippen LogP contribution in [-0.4, -0.2) is 56.4 Å². The molecule has 0 bridgehead atoms. The molecule has 2 saturated heterocycles. The van der Waals surface area contributed by atoms with E-state index in [0.29, 0.717) is 6.42 Å². The summed E-state index contributed by atoms with van der Waals surface area (Å²) in [5.74, 6) is -2.74. The zero-order chi connectivity index (χ0) is 26.8. The van der Waals surface area contributed by atoms with E-state index >= 15 is 0 Å². The fraction of sp³-hybridized carbons (Fsp3) is 0.800. The number of unbranched alkanes of at least 4 members (excludes halogenated alkanes) is 12. The van der Waals surface area contributed by atoms with Gasteiger partial charge in [0.2, 0.25) is 0 Å². The number of imide groups is 2. The van der Waals surface area contributed by atoms with Gasteiger partial charge in [-0.2, -0.15) is 4.79 Å². The highest BCUT2D eigenvalue weighted by molar-refractivity contribution is 6.02. The second-order valence-electron chi connectivity index (χ2n) is 9.11. The van der Waals surface area contributed by atoms with Gasteiger partial charge in [0.1, 0.15) is 0 Å². The summed E-state index contributed by atoms with van der Waals surface area (Å²) in [4.78, 5) is 64.3. The highest BCUT2D eigenvalue weighted by atomic mass is 16.9. The van der Waals surface area contributed by atoms with Gasteiger partial charge in [-0.25, -0.2) is 0 Å². The van der Waals surface area contributed by atoms with Gasteiger partial charge in [0.25, 0.3) is 23.6 Å². The van der Waals surface area contributed by atoms with Crippen LogP contribution in [0.4, 0.5) is 4.79 Å². The van der Waals surface area contributed by atoms with E-state index < -0.39 is 36.1 Å². The first kappa shape index (κ1) is 31.5. The summed E-state index contributed by atoms with van der Waals surface area (Å²) in [5.41, 5.74) is 0. The Morgan fingerprint density at radius 3 is 1.25 bits per heavy atom. The van der Waals surface area contributed by atoms with E-state index in [4.69, 9.17) is 10.2 Å². The van der Waals surface area contributed by atoms with Crippen molar-refractivity contribution in [3.8, 4) is 0 Å². The quantitative estimate of drug-likeness (QED) is 0.177. The molecule has 0 aliphatic carbocycles. The maximum absolute atomic E-state index is 11.2. The Balaban J connectivity index is 0.000000360. The summed E-state index contributed by atoms with van der Waals surface area (Å²) in [5, 5.41) is 17.9. The second-order valence-corrected chi connectivity index (χ2v) is 9.11. The number of carbonyl (C=O) groups excluding carboxylic acids is 5. The second kappa shape index (κ2) is 18.7. The molecular weight excluding hydrogens is 472 g/mol. The standard InChI is InChI=1S/C16H34O2.C9H8N2O7/c1-2-3-4-5-6-7-8-9-10-11-12-13-14-15-16(17)18;12-5-1-2-6(13)10(5)17-9(16)18-11-7(14)3-4-8(11)15/h16-18H,2-15H2,1H3;1-4H2. The Bertz CT molecular complexity index is 640. The SMILES string of the molecule is CCCCCCCCCCCCCCCC(O)O.O=C(ON1C(=O)CCC1=O)ON1C(=O)CCC1=O. The number of nitrogens with zero attached hydrogens (tertiary/aromatic N) is 2. The smallest absolute Gasteiger partial charge is 0.368 e. The molecule has 206 valence electrons.